The number of methoxy groups -OCH3 is 1. The molecule has 16 heteroatoms. The van der Waals surface area contributed by atoms with Crippen molar-refractivity contribution in [3.05, 3.63) is 0 Å². The van der Waals surface area contributed by atoms with Gasteiger partial charge in [0, 0.05) is 81.8 Å². The van der Waals surface area contributed by atoms with E-state index in [1.54, 1.807) is 0 Å². The van der Waals surface area contributed by atoms with Gasteiger partial charge in [-0.2, -0.15) is 0 Å². The zero-order valence-corrected chi connectivity index (χ0v) is 31.4. The fourth-order valence-corrected chi connectivity index (χ4v) is 5.71. The third-order valence-electron chi connectivity index (χ3n) is 7.35. The highest BCUT2D eigenvalue weighted by atomic mass is 31.1. The molecule has 0 aliphatic rings. The van der Waals surface area contributed by atoms with E-state index in [0.29, 0.717) is 63.5 Å². The number of carbonyl (C=O) groups is 5. The Morgan fingerprint density at radius 2 is 1.00 bits per heavy atom. The first-order valence-electron chi connectivity index (χ1n) is 16.8. The number of amides is 1. The molecule has 0 rings (SSSR count). The van der Waals surface area contributed by atoms with Crippen LogP contribution in [-0.2, 0) is 42.9 Å². The van der Waals surface area contributed by atoms with Crippen molar-refractivity contribution in [3.63, 3.8) is 0 Å². The van der Waals surface area contributed by atoms with E-state index in [1.165, 1.54) is 7.11 Å². The average Bonchev–Trinajstić information content (AvgIpc) is 3.07. The number of esters is 1. The Labute approximate surface area is 291 Å². The third-order valence-corrected chi connectivity index (χ3v) is 8.97. The molecule has 4 N–H and O–H groups in total. The van der Waals surface area contributed by atoms with Crippen LogP contribution in [-0.4, -0.2) is 101 Å². The number of rotatable bonds is 36. The van der Waals surface area contributed by atoms with E-state index in [2.05, 4.69) is 10.1 Å². The molecule has 0 heterocycles. The molecule has 0 aliphatic carbocycles. The number of carbonyl (C=O) groups excluding carboxylic acids is 5. The molecule has 0 unspecified atom stereocenters. The summed E-state index contributed by atoms with van der Waals surface area (Å²) in [5.74, 6) is -0.409. The SMILES string of the molecule is COC(=O)CCCCC(=O)CC(COCCC(=O)CCCCP=N)(COCCC(=O)CCCCP=N)COCCC(=O)NCCCP=N. The molecule has 0 radical (unpaired) electrons. The van der Waals surface area contributed by atoms with Crippen molar-refractivity contribution < 1.29 is 42.9 Å². The zero-order valence-electron chi connectivity index (χ0n) is 28.7. The largest absolute Gasteiger partial charge is 0.469 e. The Hall–Kier alpha value is -1.87. The van der Waals surface area contributed by atoms with Crippen LogP contribution < -0.4 is 5.32 Å². The maximum absolute atomic E-state index is 13.2. The van der Waals surface area contributed by atoms with Crippen LogP contribution in [0.25, 0.3) is 0 Å². The van der Waals surface area contributed by atoms with Crippen LogP contribution in [0.4, 0.5) is 0 Å². The Bertz CT molecular complexity index is 885. The molecular weight excluding hydrogens is 677 g/mol. The first-order chi connectivity index (χ1) is 23.2. The lowest BCUT2D eigenvalue weighted by Crippen LogP contribution is -2.40. The molecule has 0 bridgehead atoms. The summed E-state index contributed by atoms with van der Waals surface area (Å²) < 4.78 is 22.6. The highest BCUT2D eigenvalue weighted by molar-refractivity contribution is 7.25. The van der Waals surface area contributed by atoms with E-state index < -0.39 is 5.41 Å². The molecule has 0 saturated heterocycles. The number of ketones is 3. The van der Waals surface area contributed by atoms with Crippen LogP contribution in [0.3, 0.4) is 0 Å². The van der Waals surface area contributed by atoms with Crippen molar-refractivity contribution in [2.45, 2.75) is 96.3 Å². The molecule has 0 atom stereocenters. The van der Waals surface area contributed by atoms with Crippen molar-refractivity contribution in [3.8, 4) is 0 Å². The quantitative estimate of drug-likeness (QED) is 0.0297. The molecule has 48 heavy (non-hydrogen) atoms. The van der Waals surface area contributed by atoms with Gasteiger partial charge in [0.15, 0.2) is 0 Å². The van der Waals surface area contributed by atoms with Gasteiger partial charge in [0.2, 0.25) is 5.91 Å². The fraction of sp³-hybridized carbons (Fsp3) is 0.844. The molecule has 0 aliphatic heterocycles. The van der Waals surface area contributed by atoms with Crippen LogP contribution in [0.1, 0.15) is 96.3 Å². The smallest absolute Gasteiger partial charge is 0.305 e. The minimum Gasteiger partial charge on any atom is -0.469 e. The van der Waals surface area contributed by atoms with Gasteiger partial charge in [0.25, 0.3) is 0 Å². The number of hydrogen-bond acceptors (Lipinski definition) is 12. The molecule has 0 aromatic rings. The summed E-state index contributed by atoms with van der Waals surface area (Å²) in [6.45, 7) is 1.15. The summed E-state index contributed by atoms with van der Waals surface area (Å²) in [6.07, 6.45) is 9.01. The van der Waals surface area contributed by atoms with Gasteiger partial charge in [-0.25, -0.2) is 0 Å². The van der Waals surface area contributed by atoms with Crippen LogP contribution in [0.5, 0.6) is 0 Å². The summed E-state index contributed by atoms with van der Waals surface area (Å²) in [6, 6.07) is 0. The van der Waals surface area contributed by atoms with E-state index in [9.17, 15) is 24.0 Å². The Balaban J connectivity index is 5.44. The van der Waals surface area contributed by atoms with E-state index in [1.807, 2.05) is 0 Å². The summed E-state index contributed by atoms with van der Waals surface area (Å²) >= 11 is 0. The van der Waals surface area contributed by atoms with E-state index in [4.69, 9.17) is 29.7 Å². The lowest BCUT2D eigenvalue weighted by Gasteiger charge is -2.33. The van der Waals surface area contributed by atoms with Gasteiger partial charge in [-0.05, 0) is 70.1 Å². The van der Waals surface area contributed by atoms with Crippen LogP contribution in [0.2, 0.25) is 0 Å². The van der Waals surface area contributed by atoms with Gasteiger partial charge >= 0.3 is 5.97 Å². The number of Topliss-reactive ketones (excluding diaryl/α,β-unsaturated/α-hetero) is 3. The molecule has 0 fully saturated rings. The predicted octanol–water partition coefficient (Wildman–Crippen LogP) is 7.00. The van der Waals surface area contributed by atoms with Crippen molar-refractivity contribution in [1.29, 1.82) is 15.5 Å². The fourth-order valence-electron chi connectivity index (χ4n) is 4.63. The summed E-state index contributed by atoms with van der Waals surface area (Å²) in [7, 11) is 3.00. The lowest BCUT2D eigenvalue weighted by molar-refractivity contribution is -0.141. The number of hydrogen-bond donors (Lipinski definition) is 4. The van der Waals surface area contributed by atoms with Crippen LogP contribution >= 0.6 is 25.1 Å². The first kappa shape index (κ1) is 46.1. The van der Waals surface area contributed by atoms with Crippen molar-refractivity contribution in [2.24, 2.45) is 5.41 Å². The van der Waals surface area contributed by atoms with E-state index in [0.717, 1.165) is 44.4 Å². The zero-order chi connectivity index (χ0) is 35.7. The molecule has 0 spiro atoms. The van der Waals surface area contributed by atoms with Crippen molar-refractivity contribution >= 4 is 54.3 Å². The minimum atomic E-state index is -0.921. The van der Waals surface area contributed by atoms with Gasteiger partial charge in [-0.1, -0.05) is 0 Å². The number of ether oxygens (including phenoxy) is 4. The van der Waals surface area contributed by atoms with Gasteiger partial charge < -0.3 is 24.3 Å². The highest BCUT2D eigenvalue weighted by Gasteiger charge is 2.34. The Kier molecular flexibility index (Phi) is 31.1. The standard InChI is InChI=1S/C32H57N4O9P3/c1-42-31(41)12-3-2-11-29(39)23-32(24-43-17-13-27(37)9-4-6-20-46-33,25-44-18-14-28(38)10-5-7-21-47-34)26-45-19-15-30(40)36-16-8-22-48-35/h33-35H,2-26H2,1H3,(H,36,40). The normalized spacial score (nSPS) is 12.6. The average molecular weight is 735 g/mol. The van der Waals surface area contributed by atoms with Crippen molar-refractivity contribution in [1.82, 2.24) is 5.32 Å². The van der Waals surface area contributed by atoms with E-state index in [-0.39, 0.29) is 107 Å². The molecule has 0 aromatic carbocycles. The van der Waals surface area contributed by atoms with Gasteiger partial charge in [-0.15, -0.1) is 0 Å². The third kappa shape index (κ3) is 28.0. The molecule has 1 amide bonds. The lowest BCUT2D eigenvalue weighted by atomic mass is 9.84. The second-order valence-corrected chi connectivity index (χ2v) is 14.0. The molecule has 274 valence electrons. The monoisotopic (exact) mass is 734 g/mol. The van der Waals surface area contributed by atoms with Gasteiger partial charge in [0.05, 0.1) is 46.8 Å². The molecule has 13 nitrogen and oxygen atoms in total. The van der Waals surface area contributed by atoms with Crippen LogP contribution in [0, 0.1) is 20.9 Å². The van der Waals surface area contributed by atoms with Gasteiger partial charge in [-0.3, -0.25) is 39.5 Å². The van der Waals surface area contributed by atoms with Crippen LogP contribution in [0.15, 0.2) is 0 Å². The predicted molar refractivity (Wildman–Crippen MR) is 188 cm³/mol. The molecule has 0 aromatic heterocycles. The minimum absolute atomic E-state index is 0.0587. The topological polar surface area (TPSA) is 206 Å². The summed E-state index contributed by atoms with van der Waals surface area (Å²) in [5.41, 5.74) is -0.921. The van der Waals surface area contributed by atoms with Gasteiger partial charge in [0.1, 0.15) is 17.3 Å². The molecule has 0 saturated carbocycles. The Morgan fingerprint density at radius 1 is 0.562 bits per heavy atom. The second kappa shape index (κ2) is 32.3. The second-order valence-electron chi connectivity index (χ2n) is 11.7. The number of nitrogens with one attached hydrogen (secondary N) is 4. The van der Waals surface area contributed by atoms with Crippen molar-refractivity contribution in [2.75, 3.05) is 71.8 Å². The van der Waals surface area contributed by atoms with E-state index >= 15 is 0 Å². The maximum Gasteiger partial charge on any atom is 0.305 e. The summed E-state index contributed by atoms with van der Waals surface area (Å²) in [5, 5.41) is 24.4. The molecular formula is C32H57N4O9P3. The highest BCUT2D eigenvalue weighted by Crippen LogP contribution is 2.27. The summed E-state index contributed by atoms with van der Waals surface area (Å²) in [4.78, 5) is 61.6. The number of unbranched alkanes of at least 4 members (excludes halogenated alkanes) is 3. The Morgan fingerprint density at radius 3 is 1.50 bits per heavy atom. The maximum atomic E-state index is 13.2. The first-order valence-corrected chi connectivity index (χ1v) is 20.1.